The van der Waals surface area contributed by atoms with Gasteiger partial charge in [-0.15, -0.1) is 0 Å². The standard InChI is InChI=1S/C22H40N4O7/c1-7-12(5)17(23)20(30)26-18(13(6)8-2)21(31)24-14(10-16(27)28)19(29)25-15(22(32)33)9-11(3)4/h11-15,17-18H,7-10,23H2,1-6H3,(H,24,31)(H,25,29)(H,26,30)(H,27,28)(H,32,33). The molecule has 0 saturated carbocycles. The Hall–Kier alpha value is -2.69. The summed E-state index contributed by atoms with van der Waals surface area (Å²) in [6, 6.07) is -4.63. The number of amides is 3. The highest BCUT2D eigenvalue weighted by molar-refractivity contribution is 5.95. The van der Waals surface area contributed by atoms with Gasteiger partial charge in [-0.1, -0.05) is 54.4 Å². The minimum absolute atomic E-state index is 0.0429. The SMILES string of the molecule is CCC(C)C(N)C(=O)NC(C(=O)NC(CC(=O)O)C(=O)NC(CC(C)C)C(=O)O)C(C)CC. The Labute approximate surface area is 195 Å². The third kappa shape index (κ3) is 10.6. The zero-order valence-electron chi connectivity index (χ0n) is 20.4. The van der Waals surface area contributed by atoms with E-state index in [1.165, 1.54) is 0 Å². The lowest BCUT2D eigenvalue weighted by Gasteiger charge is -2.28. The molecule has 6 unspecified atom stereocenters. The van der Waals surface area contributed by atoms with Crippen LogP contribution in [0.5, 0.6) is 0 Å². The van der Waals surface area contributed by atoms with Gasteiger partial charge >= 0.3 is 11.9 Å². The van der Waals surface area contributed by atoms with Crippen molar-refractivity contribution in [1.29, 1.82) is 0 Å². The van der Waals surface area contributed by atoms with Crippen LogP contribution in [0.1, 0.15) is 67.2 Å². The molecule has 190 valence electrons. The van der Waals surface area contributed by atoms with Crippen LogP contribution in [0.15, 0.2) is 0 Å². The number of rotatable bonds is 15. The van der Waals surface area contributed by atoms with Crippen LogP contribution >= 0.6 is 0 Å². The molecule has 0 aliphatic carbocycles. The summed E-state index contributed by atoms with van der Waals surface area (Å²) in [5.41, 5.74) is 5.96. The van der Waals surface area contributed by atoms with Gasteiger partial charge in [0, 0.05) is 0 Å². The molecular formula is C22H40N4O7. The molecule has 0 aromatic rings. The molecule has 0 aliphatic rings. The zero-order chi connectivity index (χ0) is 25.9. The average molecular weight is 473 g/mol. The monoisotopic (exact) mass is 472 g/mol. The maximum Gasteiger partial charge on any atom is 0.326 e. The van der Waals surface area contributed by atoms with E-state index in [4.69, 9.17) is 5.73 Å². The van der Waals surface area contributed by atoms with Gasteiger partial charge in [0.25, 0.3) is 0 Å². The van der Waals surface area contributed by atoms with E-state index in [-0.39, 0.29) is 24.2 Å². The summed E-state index contributed by atoms with van der Waals surface area (Å²) in [4.78, 5) is 60.9. The molecule has 0 aromatic carbocycles. The van der Waals surface area contributed by atoms with Gasteiger partial charge in [0.2, 0.25) is 17.7 Å². The quantitative estimate of drug-likeness (QED) is 0.198. The average Bonchev–Trinajstić information content (AvgIpc) is 2.73. The van der Waals surface area contributed by atoms with Gasteiger partial charge in [-0.25, -0.2) is 4.79 Å². The van der Waals surface area contributed by atoms with Gasteiger partial charge in [-0.05, 0) is 24.2 Å². The van der Waals surface area contributed by atoms with E-state index in [0.29, 0.717) is 12.8 Å². The van der Waals surface area contributed by atoms with Gasteiger partial charge in [0.05, 0.1) is 12.5 Å². The fourth-order valence-corrected chi connectivity index (χ4v) is 3.07. The molecule has 11 heteroatoms. The first-order chi connectivity index (χ1) is 15.2. The number of carbonyl (C=O) groups is 5. The molecule has 0 aliphatic heterocycles. The molecule has 6 atom stereocenters. The summed E-state index contributed by atoms with van der Waals surface area (Å²) in [7, 11) is 0. The van der Waals surface area contributed by atoms with Crippen LogP contribution in [-0.4, -0.2) is 64.0 Å². The third-order valence-corrected chi connectivity index (χ3v) is 5.69. The van der Waals surface area contributed by atoms with Crippen molar-refractivity contribution in [2.75, 3.05) is 0 Å². The van der Waals surface area contributed by atoms with Crippen LogP contribution in [0, 0.1) is 17.8 Å². The largest absolute Gasteiger partial charge is 0.481 e. The summed E-state index contributed by atoms with van der Waals surface area (Å²) in [5.74, 6) is -5.30. The highest BCUT2D eigenvalue weighted by atomic mass is 16.4. The Morgan fingerprint density at radius 3 is 1.70 bits per heavy atom. The second kappa shape index (κ2) is 14.5. The first kappa shape index (κ1) is 30.3. The van der Waals surface area contributed by atoms with Crippen LogP contribution in [-0.2, 0) is 24.0 Å². The number of nitrogens with one attached hydrogen (secondary N) is 3. The molecule has 0 spiro atoms. The number of carboxylic acid groups (broad SMARTS) is 2. The first-order valence-electron chi connectivity index (χ1n) is 11.4. The molecule has 0 rings (SSSR count). The van der Waals surface area contributed by atoms with Gasteiger partial charge in [-0.3, -0.25) is 19.2 Å². The van der Waals surface area contributed by atoms with Crippen molar-refractivity contribution < 1.29 is 34.2 Å². The molecule has 7 N–H and O–H groups in total. The Kier molecular flexibility index (Phi) is 13.3. The van der Waals surface area contributed by atoms with Crippen molar-refractivity contribution in [2.45, 2.75) is 91.4 Å². The molecule has 11 nitrogen and oxygen atoms in total. The topological polar surface area (TPSA) is 188 Å². The van der Waals surface area contributed by atoms with E-state index >= 15 is 0 Å². The normalized spacial score (nSPS) is 16.6. The second-order valence-electron chi connectivity index (χ2n) is 8.97. The van der Waals surface area contributed by atoms with Crippen molar-refractivity contribution in [3.05, 3.63) is 0 Å². The van der Waals surface area contributed by atoms with Crippen LogP contribution in [0.4, 0.5) is 0 Å². The maximum absolute atomic E-state index is 13.0. The summed E-state index contributed by atoms with van der Waals surface area (Å²) in [6.45, 7) is 10.8. The first-order valence-corrected chi connectivity index (χ1v) is 11.4. The fourth-order valence-electron chi connectivity index (χ4n) is 3.07. The van der Waals surface area contributed by atoms with Gasteiger partial charge in [0.1, 0.15) is 18.1 Å². The van der Waals surface area contributed by atoms with Crippen LogP contribution in [0.2, 0.25) is 0 Å². The zero-order valence-corrected chi connectivity index (χ0v) is 20.4. The van der Waals surface area contributed by atoms with Gasteiger partial charge in [-0.2, -0.15) is 0 Å². The lowest BCUT2D eigenvalue weighted by molar-refractivity contribution is -0.144. The van der Waals surface area contributed by atoms with Crippen molar-refractivity contribution >= 4 is 29.7 Å². The van der Waals surface area contributed by atoms with E-state index in [9.17, 15) is 34.2 Å². The Balaban J connectivity index is 5.61. The molecule has 33 heavy (non-hydrogen) atoms. The number of nitrogens with two attached hydrogens (primary N) is 1. The number of aliphatic carboxylic acids is 2. The van der Waals surface area contributed by atoms with E-state index in [0.717, 1.165) is 0 Å². The summed E-state index contributed by atoms with van der Waals surface area (Å²) >= 11 is 0. The van der Waals surface area contributed by atoms with E-state index in [2.05, 4.69) is 16.0 Å². The minimum atomic E-state index is -1.52. The predicted molar refractivity (Wildman–Crippen MR) is 122 cm³/mol. The van der Waals surface area contributed by atoms with Crippen LogP contribution in [0.3, 0.4) is 0 Å². The Morgan fingerprint density at radius 2 is 1.27 bits per heavy atom. The molecule has 0 heterocycles. The maximum atomic E-state index is 13.0. The molecule has 0 bridgehead atoms. The smallest absolute Gasteiger partial charge is 0.326 e. The van der Waals surface area contributed by atoms with E-state index in [1.54, 1.807) is 20.8 Å². The van der Waals surface area contributed by atoms with E-state index < -0.39 is 60.2 Å². The summed E-state index contributed by atoms with van der Waals surface area (Å²) in [5, 5.41) is 25.8. The second-order valence-corrected chi connectivity index (χ2v) is 8.97. The predicted octanol–water partition coefficient (Wildman–Crippen LogP) is 0.466. The summed E-state index contributed by atoms with van der Waals surface area (Å²) < 4.78 is 0. The Bertz CT molecular complexity index is 698. The van der Waals surface area contributed by atoms with Crippen LogP contribution in [0.25, 0.3) is 0 Å². The van der Waals surface area contributed by atoms with Crippen molar-refractivity contribution in [3.63, 3.8) is 0 Å². The van der Waals surface area contributed by atoms with Crippen molar-refractivity contribution in [1.82, 2.24) is 16.0 Å². The molecule has 3 amide bonds. The van der Waals surface area contributed by atoms with Crippen molar-refractivity contribution in [2.24, 2.45) is 23.5 Å². The molecule has 0 aromatic heterocycles. The third-order valence-electron chi connectivity index (χ3n) is 5.69. The van der Waals surface area contributed by atoms with Gasteiger partial charge in [0.15, 0.2) is 0 Å². The fraction of sp³-hybridized carbons (Fsp3) is 0.773. The van der Waals surface area contributed by atoms with E-state index in [1.807, 2.05) is 20.8 Å². The molecule has 0 saturated heterocycles. The number of hydrogen-bond donors (Lipinski definition) is 6. The number of carboxylic acids is 2. The molecular weight excluding hydrogens is 432 g/mol. The number of hydrogen-bond acceptors (Lipinski definition) is 6. The number of carbonyl (C=O) groups excluding carboxylic acids is 3. The lowest BCUT2D eigenvalue weighted by Crippen LogP contribution is -2.59. The summed E-state index contributed by atoms with van der Waals surface area (Å²) in [6.07, 6.45) is 0.561. The highest BCUT2D eigenvalue weighted by Crippen LogP contribution is 2.12. The minimum Gasteiger partial charge on any atom is -0.481 e. The van der Waals surface area contributed by atoms with Crippen LogP contribution < -0.4 is 21.7 Å². The highest BCUT2D eigenvalue weighted by Gasteiger charge is 2.34. The lowest BCUT2D eigenvalue weighted by atomic mass is 9.95. The van der Waals surface area contributed by atoms with Gasteiger partial charge < -0.3 is 31.9 Å². The Morgan fingerprint density at radius 1 is 0.758 bits per heavy atom. The molecule has 0 fully saturated rings. The van der Waals surface area contributed by atoms with Crippen molar-refractivity contribution in [3.8, 4) is 0 Å². The molecule has 0 radical (unpaired) electrons.